The Bertz CT molecular complexity index is 420. The number of hydrogen-bond acceptors (Lipinski definition) is 3. The van der Waals surface area contributed by atoms with Gasteiger partial charge >= 0.3 is 6.61 Å². The van der Waals surface area contributed by atoms with Gasteiger partial charge < -0.3 is 15.2 Å². The van der Waals surface area contributed by atoms with Gasteiger partial charge in [0.25, 0.3) is 0 Å². The van der Waals surface area contributed by atoms with Gasteiger partial charge in [-0.15, -0.1) is 0 Å². The van der Waals surface area contributed by atoms with E-state index in [1.807, 2.05) is 0 Å². The summed E-state index contributed by atoms with van der Waals surface area (Å²) in [6.45, 7) is -1.88. The highest BCUT2D eigenvalue weighted by molar-refractivity contribution is 5.30. The van der Waals surface area contributed by atoms with E-state index in [0.29, 0.717) is 25.1 Å². The maximum atomic E-state index is 13.7. The van der Waals surface area contributed by atoms with Crippen LogP contribution in [0.15, 0.2) is 18.2 Å². The highest BCUT2D eigenvalue weighted by Crippen LogP contribution is 2.25. The van der Waals surface area contributed by atoms with Crippen molar-refractivity contribution in [3.63, 3.8) is 0 Å². The molecule has 1 fully saturated rings. The highest BCUT2D eigenvalue weighted by Gasteiger charge is 2.32. The van der Waals surface area contributed by atoms with Gasteiger partial charge in [0.2, 0.25) is 0 Å². The fraction of sp³-hybridized carbons (Fsp3) is 0.500. The van der Waals surface area contributed by atoms with Crippen molar-refractivity contribution in [3.8, 4) is 5.75 Å². The number of rotatable bonds is 4. The molecule has 1 aromatic rings. The summed E-state index contributed by atoms with van der Waals surface area (Å²) in [5.74, 6) is -0.865. The molecule has 0 radical (unpaired) electrons. The summed E-state index contributed by atoms with van der Waals surface area (Å²) in [7, 11) is 0. The molecule has 1 heterocycles. The molecule has 0 aliphatic carbocycles. The van der Waals surface area contributed by atoms with E-state index in [2.05, 4.69) is 10.1 Å². The van der Waals surface area contributed by atoms with E-state index in [-0.39, 0.29) is 12.2 Å². The van der Waals surface area contributed by atoms with Gasteiger partial charge in [0, 0.05) is 19.0 Å². The maximum absolute atomic E-state index is 13.7. The predicted octanol–water partition coefficient (Wildman–Crippen LogP) is 1.69. The molecule has 1 aromatic carbocycles. The molecule has 6 heteroatoms. The summed E-state index contributed by atoms with van der Waals surface area (Å²) < 4.78 is 41.7. The molecular formula is C12H14F3NO2. The van der Waals surface area contributed by atoms with Gasteiger partial charge in [0.15, 0.2) is 0 Å². The van der Waals surface area contributed by atoms with Crippen molar-refractivity contribution in [3.05, 3.63) is 29.6 Å². The molecule has 1 saturated heterocycles. The van der Waals surface area contributed by atoms with E-state index < -0.39 is 18.0 Å². The van der Waals surface area contributed by atoms with Crippen LogP contribution in [0.1, 0.15) is 12.0 Å². The van der Waals surface area contributed by atoms with Crippen molar-refractivity contribution in [1.82, 2.24) is 5.32 Å². The summed E-state index contributed by atoms with van der Waals surface area (Å²) in [5, 5.41) is 13.1. The van der Waals surface area contributed by atoms with Crippen molar-refractivity contribution in [2.75, 3.05) is 13.1 Å². The van der Waals surface area contributed by atoms with Crippen LogP contribution in [0.5, 0.6) is 5.75 Å². The van der Waals surface area contributed by atoms with Crippen molar-refractivity contribution in [1.29, 1.82) is 0 Å². The molecule has 18 heavy (non-hydrogen) atoms. The van der Waals surface area contributed by atoms with Crippen LogP contribution in [0.25, 0.3) is 0 Å². The Hall–Kier alpha value is -1.27. The van der Waals surface area contributed by atoms with Crippen LogP contribution >= 0.6 is 0 Å². The number of β-amino-alcohol motifs (C(OH)–C–C–N with tert-alkyl or cyclic N) is 1. The SMILES string of the molecule is OC1(Cc2ccc(OC(F)F)cc2F)CCNC1. The second-order valence-electron chi connectivity index (χ2n) is 4.46. The third-order valence-corrected chi connectivity index (χ3v) is 2.99. The predicted molar refractivity (Wildman–Crippen MR) is 59.2 cm³/mol. The number of halogens is 3. The molecule has 1 aliphatic heterocycles. The highest BCUT2D eigenvalue weighted by atomic mass is 19.3. The van der Waals surface area contributed by atoms with Crippen molar-refractivity contribution in [2.24, 2.45) is 0 Å². The van der Waals surface area contributed by atoms with Crippen LogP contribution in [0, 0.1) is 5.82 Å². The summed E-state index contributed by atoms with van der Waals surface area (Å²) in [6.07, 6.45) is 0.697. The molecule has 100 valence electrons. The third kappa shape index (κ3) is 3.14. The van der Waals surface area contributed by atoms with E-state index in [1.165, 1.54) is 12.1 Å². The first-order valence-electron chi connectivity index (χ1n) is 5.65. The molecule has 1 unspecified atom stereocenters. The fourth-order valence-electron chi connectivity index (χ4n) is 2.08. The largest absolute Gasteiger partial charge is 0.435 e. The molecule has 0 spiro atoms. The normalized spacial score (nSPS) is 23.6. The van der Waals surface area contributed by atoms with E-state index in [4.69, 9.17) is 0 Å². The van der Waals surface area contributed by atoms with Crippen LogP contribution in [-0.4, -0.2) is 30.4 Å². The molecule has 1 atom stereocenters. The number of aliphatic hydroxyl groups is 1. The minimum absolute atomic E-state index is 0.154. The lowest BCUT2D eigenvalue weighted by atomic mass is 9.93. The Morgan fingerprint density at radius 2 is 2.22 bits per heavy atom. The fourth-order valence-corrected chi connectivity index (χ4v) is 2.08. The summed E-state index contributed by atoms with van der Waals surface area (Å²) in [5.41, 5.74) is -0.672. The average Bonchev–Trinajstić information content (AvgIpc) is 2.69. The molecular weight excluding hydrogens is 247 g/mol. The van der Waals surface area contributed by atoms with Gasteiger partial charge in [0.05, 0.1) is 5.60 Å². The Labute approximate surface area is 103 Å². The first-order chi connectivity index (χ1) is 8.48. The summed E-state index contributed by atoms with van der Waals surface area (Å²) in [6, 6.07) is 3.55. The molecule has 0 amide bonds. The second-order valence-corrected chi connectivity index (χ2v) is 4.46. The van der Waals surface area contributed by atoms with Gasteiger partial charge in [-0.05, 0) is 24.6 Å². The molecule has 0 bridgehead atoms. The summed E-state index contributed by atoms with van der Waals surface area (Å²) >= 11 is 0. The first kappa shape index (κ1) is 13.2. The van der Waals surface area contributed by atoms with Crippen LogP contribution < -0.4 is 10.1 Å². The quantitative estimate of drug-likeness (QED) is 0.866. The number of benzene rings is 1. The molecule has 3 nitrogen and oxygen atoms in total. The smallest absolute Gasteiger partial charge is 0.387 e. The lowest BCUT2D eigenvalue weighted by Gasteiger charge is -2.21. The summed E-state index contributed by atoms with van der Waals surface area (Å²) in [4.78, 5) is 0. The van der Waals surface area contributed by atoms with Crippen molar-refractivity contribution in [2.45, 2.75) is 25.1 Å². The van der Waals surface area contributed by atoms with Crippen molar-refractivity contribution < 1.29 is 23.0 Å². The van der Waals surface area contributed by atoms with Crippen LogP contribution in [0.2, 0.25) is 0 Å². The van der Waals surface area contributed by atoms with Crippen molar-refractivity contribution >= 4 is 0 Å². The number of alkyl halides is 2. The van der Waals surface area contributed by atoms with Crippen LogP contribution in [0.3, 0.4) is 0 Å². The number of nitrogens with one attached hydrogen (secondary N) is 1. The standard InChI is InChI=1S/C12H14F3NO2/c13-10-5-9(18-11(14)15)2-1-8(10)6-12(17)3-4-16-7-12/h1-2,5,11,16-17H,3-4,6-7H2. The van der Waals surface area contributed by atoms with E-state index >= 15 is 0 Å². The first-order valence-corrected chi connectivity index (χ1v) is 5.65. The minimum Gasteiger partial charge on any atom is -0.435 e. The van der Waals surface area contributed by atoms with E-state index in [9.17, 15) is 18.3 Å². The van der Waals surface area contributed by atoms with Gasteiger partial charge in [-0.2, -0.15) is 8.78 Å². The average molecular weight is 261 g/mol. The van der Waals surface area contributed by atoms with Crippen LogP contribution in [-0.2, 0) is 6.42 Å². The Balaban J connectivity index is 2.09. The van der Waals surface area contributed by atoms with Gasteiger partial charge in [-0.3, -0.25) is 0 Å². The minimum atomic E-state index is -2.97. The van der Waals surface area contributed by atoms with E-state index in [0.717, 1.165) is 6.07 Å². The van der Waals surface area contributed by atoms with E-state index in [1.54, 1.807) is 0 Å². The Morgan fingerprint density at radius 1 is 1.44 bits per heavy atom. The maximum Gasteiger partial charge on any atom is 0.387 e. The third-order valence-electron chi connectivity index (χ3n) is 2.99. The molecule has 2 N–H and O–H groups in total. The topological polar surface area (TPSA) is 41.5 Å². The zero-order valence-electron chi connectivity index (χ0n) is 9.63. The second kappa shape index (κ2) is 5.16. The van der Waals surface area contributed by atoms with Gasteiger partial charge in [-0.25, -0.2) is 4.39 Å². The number of hydrogen-bond donors (Lipinski definition) is 2. The lowest BCUT2D eigenvalue weighted by molar-refractivity contribution is -0.0500. The van der Waals surface area contributed by atoms with Gasteiger partial charge in [0.1, 0.15) is 11.6 Å². The van der Waals surface area contributed by atoms with Crippen LogP contribution in [0.4, 0.5) is 13.2 Å². The Kier molecular flexibility index (Phi) is 3.77. The molecule has 2 rings (SSSR count). The Morgan fingerprint density at radius 3 is 2.78 bits per heavy atom. The zero-order valence-corrected chi connectivity index (χ0v) is 9.63. The zero-order chi connectivity index (χ0) is 13.2. The molecule has 0 saturated carbocycles. The van der Waals surface area contributed by atoms with Gasteiger partial charge in [-0.1, -0.05) is 6.07 Å². The lowest BCUT2D eigenvalue weighted by Crippen LogP contribution is -2.34. The molecule has 1 aliphatic rings. The monoisotopic (exact) mass is 261 g/mol. The number of ether oxygens (including phenoxy) is 1. The molecule has 0 aromatic heterocycles.